The van der Waals surface area contributed by atoms with E-state index in [2.05, 4.69) is 0 Å². The zero-order valence-corrected chi connectivity index (χ0v) is 16.1. The van der Waals surface area contributed by atoms with E-state index < -0.39 is 17.7 Å². The third kappa shape index (κ3) is 3.18. The van der Waals surface area contributed by atoms with Crippen LogP contribution in [-0.2, 0) is 9.59 Å². The van der Waals surface area contributed by atoms with Gasteiger partial charge in [-0.25, -0.2) is 0 Å². The highest BCUT2D eigenvalue weighted by atomic mass is 16.3. The molecule has 0 radical (unpaired) electrons. The number of Topliss-reactive ketones (excluding diaryl/α,β-unsaturated/α-hetero) is 1. The molecule has 1 aliphatic rings. The first-order valence-corrected chi connectivity index (χ1v) is 9.16. The lowest BCUT2D eigenvalue weighted by atomic mass is 9.99. The predicted octanol–water partition coefficient (Wildman–Crippen LogP) is 3.97. The van der Waals surface area contributed by atoms with Gasteiger partial charge in [-0.15, -0.1) is 0 Å². The number of carbonyl (C=O) groups excluding carboxylic acids is 2. The Kier molecular flexibility index (Phi) is 4.68. The number of furan rings is 1. The summed E-state index contributed by atoms with van der Waals surface area (Å²) in [6.07, 6.45) is 1.48. The quantitative estimate of drug-likeness (QED) is 0.416. The maximum Gasteiger partial charge on any atom is 0.300 e. The summed E-state index contributed by atoms with van der Waals surface area (Å²) in [5.74, 6) is -1.28. The van der Waals surface area contributed by atoms with E-state index in [0.29, 0.717) is 17.0 Å². The molecule has 1 atom stereocenters. The number of benzene rings is 2. The molecule has 6 nitrogen and oxygen atoms in total. The Morgan fingerprint density at radius 2 is 1.66 bits per heavy atom. The van der Waals surface area contributed by atoms with Crippen LogP contribution in [0.1, 0.15) is 17.4 Å². The first-order valence-electron chi connectivity index (χ1n) is 9.16. The molecule has 1 aromatic heterocycles. The number of aliphatic hydroxyl groups is 1. The summed E-state index contributed by atoms with van der Waals surface area (Å²) in [4.78, 5) is 29.2. The molecule has 2 aromatic carbocycles. The lowest BCUT2D eigenvalue weighted by molar-refractivity contribution is -0.132. The highest BCUT2D eigenvalue weighted by Gasteiger charge is 2.48. The van der Waals surface area contributed by atoms with E-state index in [1.165, 1.54) is 11.2 Å². The summed E-state index contributed by atoms with van der Waals surface area (Å²) >= 11 is 0. The number of nitrogens with zero attached hydrogens (tertiary/aromatic N) is 2. The first kappa shape index (κ1) is 18.6. The molecule has 6 heteroatoms. The summed E-state index contributed by atoms with van der Waals surface area (Å²) in [6, 6.07) is 18.5. The third-order valence-corrected chi connectivity index (χ3v) is 4.95. The van der Waals surface area contributed by atoms with E-state index in [0.717, 1.165) is 5.69 Å². The second-order valence-corrected chi connectivity index (χ2v) is 6.96. The van der Waals surface area contributed by atoms with Crippen LogP contribution in [0.2, 0.25) is 0 Å². The average molecular weight is 388 g/mol. The van der Waals surface area contributed by atoms with Crippen LogP contribution in [0.4, 0.5) is 11.4 Å². The van der Waals surface area contributed by atoms with Gasteiger partial charge in [0.1, 0.15) is 17.6 Å². The van der Waals surface area contributed by atoms with Gasteiger partial charge in [0.2, 0.25) is 0 Å². The second-order valence-electron chi connectivity index (χ2n) is 6.96. The van der Waals surface area contributed by atoms with Crippen LogP contribution in [0.15, 0.2) is 83.0 Å². The molecule has 1 aliphatic heterocycles. The van der Waals surface area contributed by atoms with Crippen LogP contribution in [-0.4, -0.2) is 30.9 Å². The molecule has 0 bridgehead atoms. The first-order chi connectivity index (χ1) is 14.0. The van der Waals surface area contributed by atoms with Crippen LogP contribution in [0.3, 0.4) is 0 Å². The molecule has 0 spiro atoms. The van der Waals surface area contributed by atoms with Gasteiger partial charge < -0.3 is 14.4 Å². The van der Waals surface area contributed by atoms with Crippen molar-refractivity contribution in [1.82, 2.24) is 0 Å². The molecule has 1 fully saturated rings. The topological polar surface area (TPSA) is 74.0 Å². The van der Waals surface area contributed by atoms with Crippen LogP contribution < -0.4 is 9.80 Å². The van der Waals surface area contributed by atoms with Gasteiger partial charge in [0, 0.05) is 31.0 Å². The molecule has 1 N–H and O–H groups in total. The molecule has 146 valence electrons. The molecule has 1 amide bonds. The van der Waals surface area contributed by atoms with E-state index in [4.69, 9.17) is 4.42 Å². The number of carbonyl (C=O) groups is 2. The summed E-state index contributed by atoms with van der Waals surface area (Å²) in [5, 5.41) is 10.9. The largest absolute Gasteiger partial charge is 0.507 e. The van der Waals surface area contributed by atoms with Gasteiger partial charge in [0.05, 0.1) is 11.8 Å². The van der Waals surface area contributed by atoms with Crippen LogP contribution in [0.5, 0.6) is 0 Å². The normalized spacial score (nSPS) is 18.3. The Morgan fingerprint density at radius 1 is 0.966 bits per heavy atom. The molecule has 1 unspecified atom stereocenters. The molecule has 2 heterocycles. The van der Waals surface area contributed by atoms with E-state index in [9.17, 15) is 14.7 Å². The fourth-order valence-electron chi connectivity index (χ4n) is 3.48. The zero-order valence-electron chi connectivity index (χ0n) is 16.1. The molecule has 1 saturated heterocycles. The van der Waals surface area contributed by atoms with Crippen molar-refractivity contribution >= 4 is 28.8 Å². The van der Waals surface area contributed by atoms with Gasteiger partial charge in [-0.05, 0) is 36.4 Å². The molecule has 0 saturated carbocycles. The van der Waals surface area contributed by atoms with Gasteiger partial charge in [-0.3, -0.25) is 14.5 Å². The van der Waals surface area contributed by atoms with Crippen molar-refractivity contribution in [3.05, 3.63) is 89.9 Å². The lowest BCUT2D eigenvalue weighted by Crippen LogP contribution is -2.29. The standard InChI is InChI=1S/C23H20N2O4/c1-24(2)16-10-12-17(13-11-16)25-20(18-9-6-14-29-18)19(22(27)23(25)28)21(26)15-7-4-3-5-8-15/h3-14,20,26H,1-2H3/b21-19-. The van der Waals surface area contributed by atoms with E-state index in [1.807, 2.05) is 37.2 Å². The van der Waals surface area contributed by atoms with E-state index >= 15 is 0 Å². The lowest BCUT2D eigenvalue weighted by Gasteiger charge is -2.24. The highest BCUT2D eigenvalue weighted by molar-refractivity contribution is 6.51. The Balaban J connectivity index is 1.88. The second kappa shape index (κ2) is 7.31. The van der Waals surface area contributed by atoms with Crippen molar-refractivity contribution in [2.24, 2.45) is 0 Å². The Bertz CT molecular complexity index is 1070. The van der Waals surface area contributed by atoms with E-state index in [-0.39, 0.29) is 11.3 Å². The Labute approximate surface area is 168 Å². The smallest absolute Gasteiger partial charge is 0.300 e. The molecular weight excluding hydrogens is 368 g/mol. The maximum absolute atomic E-state index is 13.0. The molecule has 0 aliphatic carbocycles. The molecule has 4 rings (SSSR count). The van der Waals surface area contributed by atoms with Crippen LogP contribution >= 0.6 is 0 Å². The van der Waals surface area contributed by atoms with Gasteiger partial charge in [0.25, 0.3) is 11.7 Å². The number of anilines is 2. The van der Waals surface area contributed by atoms with Crippen molar-refractivity contribution < 1.29 is 19.1 Å². The number of hydrogen-bond acceptors (Lipinski definition) is 5. The molecule has 29 heavy (non-hydrogen) atoms. The molecule has 3 aromatic rings. The predicted molar refractivity (Wildman–Crippen MR) is 111 cm³/mol. The van der Waals surface area contributed by atoms with Crippen LogP contribution in [0.25, 0.3) is 5.76 Å². The third-order valence-electron chi connectivity index (χ3n) is 4.95. The van der Waals surface area contributed by atoms with E-state index in [1.54, 1.807) is 48.5 Å². The van der Waals surface area contributed by atoms with Crippen molar-refractivity contribution in [1.29, 1.82) is 0 Å². The summed E-state index contributed by atoms with van der Waals surface area (Å²) < 4.78 is 5.54. The van der Waals surface area contributed by atoms with Gasteiger partial charge in [-0.1, -0.05) is 30.3 Å². The van der Waals surface area contributed by atoms with Crippen molar-refractivity contribution in [3.8, 4) is 0 Å². The summed E-state index contributed by atoms with van der Waals surface area (Å²) in [7, 11) is 3.84. The minimum atomic E-state index is -0.851. The molecular formula is C23H20N2O4. The minimum absolute atomic E-state index is 0.00726. The van der Waals surface area contributed by atoms with Crippen LogP contribution in [0, 0.1) is 0 Å². The number of ketones is 1. The average Bonchev–Trinajstić information content (AvgIpc) is 3.35. The monoisotopic (exact) mass is 388 g/mol. The number of rotatable bonds is 4. The maximum atomic E-state index is 13.0. The fourth-order valence-corrected chi connectivity index (χ4v) is 3.48. The summed E-state index contributed by atoms with van der Waals surface area (Å²) in [6.45, 7) is 0. The summed E-state index contributed by atoms with van der Waals surface area (Å²) in [5.41, 5.74) is 1.98. The zero-order chi connectivity index (χ0) is 20.5. The minimum Gasteiger partial charge on any atom is -0.507 e. The van der Waals surface area contributed by atoms with Gasteiger partial charge in [-0.2, -0.15) is 0 Å². The van der Waals surface area contributed by atoms with Crippen molar-refractivity contribution in [3.63, 3.8) is 0 Å². The van der Waals surface area contributed by atoms with Gasteiger partial charge in [0.15, 0.2) is 0 Å². The highest BCUT2D eigenvalue weighted by Crippen LogP contribution is 2.42. The number of hydrogen-bond donors (Lipinski definition) is 1. The SMILES string of the molecule is CN(C)c1ccc(N2C(=O)C(=O)/C(=C(\O)c3ccccc3)C2c2ccco2)cc1. The van der Waals surface area contributed by atoms with Crippen molar-refractivity contribution in [2.75, 3.05) is 23.9 Å². The fraction of sp³-hybridized carbons (Fsp3) is 0.130. The van der Waals surface area contributed by atoms with Gasteiger partial charge >= 0.3 is 0 Å². The number of amides is 1. The number of aliphatic hydroxyl groups excluding tert-OH is 1. The Hall–Kier alpha value is -3.80. The van der Waals surface area contributed by atoms with Crippen molar-refractivity contribution in [2.45, 2.75) is 6.04 Å². The Morgan fingerprint density at radius 3 is 2.24 bits per heavy atom.